The molecule has 2 aliphatic rings. The molecule has 1 aromatic heterocycles. The summed E-state index contributed by atoms with van der Waals surface area (Å²) in [6.45, 7) is 1.75. The van der Waals surface area contributed by atoms with Crippen LogP contribution in [0.25, 0.3) is 0 Å². The highest BCUT2D eigenvalue weighted by atomic mass is 16.2. The molecular weight excluding hydrogens is 312 g/mol. The highest BCUT2D eigenvalue weighted by Crippen LogP contribution is 2.32. The summed E-state index contributed by atoms with van der Waals surface area (Å²) in [5, 5.41) is 8.42. The Hall–Kier alpha value is -2.17. The molecule has 0 spiro atoms. The summed E-state index contributed by atoms with van der Waals surface area (Å²) in [4.78, 5) is 14.8. The van der Waals surface area contributed by atoms with Crippen molar-refractivity contribution in [2.75, 3.05) is 6.54 Å². The third-order valence-corrected chi connectivity index (χ3v) is 5.71. The van der Waals surface area contributed by atoms with Crippen molar-refractivity contribution in [1.82, 2.24) is 19.7 Å². The molecule has 1 amide bonds. The van der Waals surface area contributed by atoms with Gasteiger partial charge in [-0.25, -0.2) is 0 Å². The molecule has 0 bridgehead atoms. The van der Waals surface area contributed by atoms with Gasteiger partial charge in [0.1, 0.15) is 12.2 Å². The summed E-state index contributed by atoms with van der Waals surface area (Å²) in [6, 6.07) is 10.8. The van der Waals surface area contributed by atoms with E-state index in [1.54, 1.807) is 0 Å². The van der Waals surface area contributed by atoms with Crippen LogP contribution in [-0.2, 0) is 17.8 Å². The highest BCUT2D eigenvalue weighted by molar-refractivity contribution is 5.80. The fraction of sp³-hybridized carbons (Fsp3) is 0.550. The lowest BCUT2D eigenvalue weighted by Gasteiger charge is -2.32. The number of carbonyl (C=O) groups excluding carboxylic acids is 1. The van der Waals surface area contributed by atoms with Gasteiger partial charge in [0.15, 0.2) is 0 Å². The van der Waals surface area contributed by atoms with Gasteiger partial charge < -0.3 is 9.47 Å². The highest BCUT2D eigenvalue weighted by Gasteiger charge is 2.35. The van der Waals surface area contributed by atoms with Crippen LogP contribution in [0.5, 0.6) is 0 Å². The van der Waals surface area contributed by atoms with Gasteiger partial charge in [-0.15, -0.1) is 10.2 Å². The van der Waals surface area contributed by atoms with Gasteiger partial charge in [0.05, 0.1) is 6.54 Å². The van der Waals surface area contributed by atoms with Crippen LogP contribution in [-0.4, -0.2) is 38.2 Å². The van der Waals surface area contributed by atoms with Crippen LogP contribution >= 0.6 is 0 Å². The van der Waals surface area contributed by atoms with Crippen LogP contribution in [0.4, 0.5) is 0 Å². The van der Waals surface area contributed by atoms with E-state index in [4.69, 9.17) is 0 Å². The second kappa shape index (κ2) is 7.38. The lowest BCUT2D eigenvalue weighted by molar-refractivity contribution is -0.139. The number of benzene rings is 1. The van der Waals surface area contributed by atoms with Gasteiger partial charge in [-0.2, -0.15) is 0 Å². The van der Waals surface area contributed by atoms with E-state index in [0.717, 1.165) is 57.4 Å². The average Bonchev–Trinajstić information content (AvgIpc) is 3.21. The Balaban J connectivity index is 1.36. The van der Waals surface area contributed by atoms with Crippen molar-refractivity contribution in [2.45, 2.75) is 57.5 Å². The van der Waals surface area contributed by atoms with Crippen molar-refractivity contribution in [1.29, 1.82) is 0 Å². The summed E-state index contributed by atoms with van der Waals surface area (Å²) in [6.07, 6.45) is 9.36. The van der Waals surface area contributed by atoms with Crippen LogP contribution in [0.1, 0.15) is 49.9 Å². The third-order valence-electron chi connectivity index (χ3n) is 5.71. The summed E-state index contributed by atoms with van der Waals surface area (Å²) < 4.78 is 2.13. The van der Waals surface area contributed by atoms with Gasteiger partial charge in [0.2, 0.25) is 5.91 Å². The first kappa shape index (κ1) is 16.3. The number of aryl methyl sites for hydroxylation is 1. The molecule has 2 aromatic rings. The van der Waals surface area contributed by atoms with Crippen LogP contribution < -0.4 is 0 Å². The minimum Gasteiger partial charge on any atom is -0.339 e. The Morgan fingerprint density at radius 1 is 1.12 bits per heavy atom. The van der Waals surface area contributed by atoms with E-state index in [9.17, 15) is 4.79 Å². The zero-order chi connectivity index (χ0) is 17.1. The fourth-order valence-electron chi connectivity index (χ4n) is 4.00. The summed E-state index contributed by atoms with van der Waals surface area (Å²) in [5.41, 5.74) is 1.26. The molecule has 5 nitrogen and oxygen atoms in total. The average molecular weight is 338 g/mol. The SMILES string of the molecule is O=C(C1CCC1)N1CCCC1CCc1nncn1Cc1ccccc1. The van der Waals surface area contributed by atoms with Crippen molar-refractivity contribution >= 4 is 5.91 Å². The van der Waals surface area contributed by atoms with E-state index in [0.29, 0.717) is 17.9 Å². The number of hydrogen-bond acceptors (Lipinski definition) is 3. The van der Waals surface area contributed by atoms with E-state index in [-0.39, 0.29) is 0 Å². The van der Waals surface area contributed by atoms with Gasteiger partial charge >= 0.3 is 0 Å². The number of carbonyl (C=O) groups is 1. The number of nitrogens with zero attached hydrogens (tertiary/aromatic N) is 4. The molecule has 0 N–H and O–H groups in total. The Bertz CT molecular complexity index is 707. The molecule has 4 rings (SSSR count). The fourth-order valence-corrected chi connectivity index (χ4v) is 4.00. The molecule has 1 aliphatic carbocycles. The van der Waals surface area contributed by atoms with Crippen LogP contribution in [0, 0.1) is 5.92 Å². The normalized spacial score (nSPS) is 20.6. The van der Waals surface area contributed by atoms with Crippen molar-refractivity contribution in [3.05, 3.63) is 48.0 Å². The minimum absolute atomic E-state index is 0.308. The number of likely N-dealkylation sites (tertiary alicyclic amines) is 1. The number of hydrogen-bond donors (Lipinski definition) is 0. The predicted molar refractivity (Wildman–Crippen MR) is 96.0 cm³/mol. The van der Waals surface area contributed by atoms with Gasteiger partial charge in [-0.05, 0) is 37.7 Å². The Kier molecular flexibility index (Phi) is 4.81. The molecule has 132 valence electrons. The standard InChI is InChI=1S/C20H26N4O/c25-20(17-8-4-9-17)24-13-5-10-18(24)11-12-19-22-21-15-23(19)14-16-6-2-1-3-7-16/h1-3,6-7,15,17-18H,4-5,8-14H2. The predicted octanol–water partition coefficient (Wildman–Crippen LogP) is 3.05. The molecule has 1 saturated carbocycles. The zero-order valence-electron chi connectivity index (χ0n) is 14.7. The lowest BCUT2D eigenvalue weighted by Crippen LogP contribution is -2.42. The van der Waals surface area contributed by atoms with Crippen LogP contribution in [0.3, 0.4) is 0 Å². The second-order valence-electron chi connectivity index (χ2n) is 7.35. The Morgan fingerprint density at radius 3 is 2.72 bits per heavy atom. The van der Waals surface area contributed by atoms with Gasteiger partial charge in [-0.1, -0.05) is 36.8 Å². The first-order valence-corrected chi connectivity index (χ1v) is 9.52. The molecule has 25 heavy (non-hydrogen) atoms. The topological polar surface area (TPSA) is 51.0 Å². The van der Waals surface area contributed by atoms with E-state index < -0.39 is 0 Å². The minimum atomic E-state index is 0.308. The van der Waals surface area contributed by atoms with E-state index >= 15 is 0 Å². The molecule has 1 aromatic carbocycles. The van der Waals surface area contributed by atoms with Gasteiger partial charge in [-0.3, -0.25) is 4.79 Å². The molecule has 5 heteroatoms. The first-order chi connectivity index (χ1) is 12.3. The van der Waals surface area contributed by atoms with Crippen molar-refractivity contribution in [3.63, 3.8) is 0 Å². The smallest absolute Gasteiger partial charge is 0.225 e. The van der Waals surface area contributed by atoms with Crippen molar-refractivity contribution in [3.8, 4) is 0 Å². The molecule has 1 atom stereocenters. The molecule has 2 fully saturated rings. The van der Waals surface area contributed by atoms with E-state index in [2.05, 4.69) is 43.9 Å². The van der Waals surface area contributed by atoms with E-state index in [1.807, 2.05) is 12.4 Å². The first-order valence-electron chi connectivity index (χ1n) is 9.52. The quantitative estimate of drug-likeness (QED) is 0.813. The largest absolute Gasteiger partial charge is 0.339 e. The maximum absolute atomic E-state index is 12.6. The zero-order valence-corrected chi connectivity index (χ0v) is 14.7. The van der Waals surface area contributed by atoms with Gasteiger partial charge in [0.25, 0.3) is 0 Å². The maximum Gasteiger partial charge on any atom is 0.225 e. The molecule has 1 unspecified atom stereocenters. The maximum atomic E-state index is 12.6. The lowest BCUT2D eigenvalue weighted by atomic mass is 9.84. The molecular formula is C20H26N4O. The number of rotatable bonds is 6. The van der Waals surface area contributed by atoms with Crippen molar-refractivity contribution in [2.24, 2.45) is 5.92 Å². The summed E-state index contributed by atoms with van der Waals surface area (Å²) >= 11 is 0. The third kappa shape index (κ3) is 3.60. The summed E-state index contributed by atoms with van der Waals surface area (Å²) in [5.74, 6) is 1.73. The van der Waals surface area contributed by atoms with Crippen molar-refractivity contribution < 1.29 is 4.79 Å². The molecule has 1 saturated heterocycles. The Morgan fingerprint density at radius 2 is 1.96 bits per heavy atom. The Labute approximate surface area is 149 Å². The van der Waals surface area contributed by atoms with Crippen LogP contribution in [0.15, 0.2) is 36.7 Å². The molecule has 1 aliphatic heterocycles. The second-order valence-corrected chi connectivity index (χ2v) is 7.35. The monoisotopic (exact) mass is 338 g/mol. The summed E-state index contributed by atoms with van der Waals surface area (Å²) in [7, 11) is 0. The van der Waals surface area contributed by atoms with Gasteiger partial charge in [0, 0.05) is 24.9 Å². The number of aromatic nitrogens is 3. The van der Waals surface area contributed by atoms with Crippen LogP contribution in [0.2, 0.25) is 0 Å². The molecule has 0 radical (unpaired) electrons. The van der Waals surface area contributed by atoms with E-state index in [1.165, 1.54) is 12.0 Å². The number of amides is 1. The molecule has 2 heterocycles.